The Balaban J connectivity index is 1.47. The van der Waals surface area contributed by atoms with Gasteiger partial charge in [0.2, 0.25) is 9.84 Å². The third kappa shape index (κ3) is 3.97. The summed E-state index contributed by atoms with van der Waals surface area (Å²) in [5, 5.41) is 6.37. The number of aromatic nitrogens is 1. The van der Waals surface area contributed by atoms with Crippen molar-refractivity contribution in [3.8, 4) is 22.5 Å². The van der Waals surface area contributed by atoms with Crippen LogP contribution in [0.1, 0.15) is 0 Å². The van der Waals surface area contributed by atoms with E-state index in [9.17, 15) is 8.42 Å². The highest BCUT2D eigenvalue weighted by Crippen LogP contribution is 2.37. The molecule has 39 heavy (non-hydrogen) atoms. The van der Waals surface area contributed by atoms with Gasteiger partial charge >= 0.3 is 0 Å². The van der Waals surface area contributed by atoms with Crippen molar-refractivity contribution in [3.05, 3.63) is 140 Å². The number of hydrogen-bond acceptors (Lipinski definition) is 3. The molecule has 0 N–H and O–H groups in total. The number of pyridine rings is 1. The molecule has 0 saturated heterocycles. The molecule has 1 heterocycles. The Labute approximate surface area is 226 Å². The maximum absolute atomic E-state index is 14.2. The van der Waals surface area contributed by atoms with Crippen molar-refractivity contribution in [1.82, 2.24) is 4.98 Å². The number of hydrogen-bond donors (Lipinski definition) is 0. The van der Waals surface area contributed by atoms with Crippen LogP contribution in [-0.2, 0) is 9.84 Å². The Bertz CT molecular complexity index is 2030. The number of fused-ring (bicyclic) bond motifs is 6. The SMILES string of the molecule is O=S(=O)(c1cc(-c2ccccc2)nc(-c2ccccc2)c1)c1ccc2c3ccccc3c3ccccc3c2c1. The first kappa shape index (κ1) is 23.3. The molecule has 0 saturated carbocycles. The average Bonchev–Trinajstić information content (AvgIpc) is 3.01. The van der Waals surface area contributed by atoms with E-state index in [1.807, 2.05) is 97.1 Å². The minimum atomic E-state index is -3.85. The van der Waals surface area contributed by atoms with Crippen LogP contribution in [-0.4, -0.2) is 13.4 Å². The van der Waals surface area contributed by atoms with Crippen LogP contribution >= 0.6 is 0 Å². The Kier molecular flexibility index (Phi) is 5.50. The fraction of sp³-hybridized carbons (Fsp3) is 0. The van der Waals surface area contributed by atoms with Crippen molar-refractivity contribution >= 4 is 42.2 Å². The lowest BCUT2D eigenvalue weighted by Crippen LogP contribution is -2.04. The Morgan fingerprint density at radius 2 is 0.795 bits per heavy atom. The first-order valence-electron chi connectivity index (χ1n) is 12.8. The van der Waals surface area contributed by atoms with E-state index in [0.29, 0.717) is 11.4 Å². The van der Waals surface area contributed by atoms with Crippen LogP contribution < -0.4 is 0 Å². The van der Waals surface area contributed by atoms with Gasteiger partial charge in [0, 0.05) is 11.1 Å². The van der Waals surface area contributed by atoms with Gasteiger partial charge in [0.25, 0.3) is 0 Å². The lowest BCUT2D eigenvalue weighted by molar-refractivity contribution is 0.596. The van der Waals surface area contributed by atoms with Gasteiger partial charge in [-0.05, 0) is 56.6 Å². The van der Waals surface area contributed by atoms with Gasteiger partial charge in [-0.2, -0.15) is 0 Å². The molecule has 186 valence electrons. The second kappa shape index (κ2) is 9.19. The molecule has 7 rings (SSSR count). The molecule has 1 aromatic heterocycles. The molecular formula is C35H23NO2S. The Hall–Kier alpha value is -4.80. The van der Waals surface area contributed by atoms with Crippen LogP contribution in [0.2, 0.25) is 0 Å². The van der Waals surface area contributed by atoms with Crippen molar-refractivity contribution < 1.29 is 8.42 Å². The van der Waals surface area contributed by atoms with E-state index in [1.165, 1.54) is 0 Å². The van der Waals surface area contributed by atoms with Crippen LogP contribution in [0.4, 0.5) is 0 Å². The number of nitrogens with zero attached hydrogens (tertiary/aromatic N) is 1. The van der Waals surface area contributed by atoms with Crippen molar-refractivity contribution in [1.29, 1.82) is 0 Å². The fourth-order valence-electron chi connectivity index (χ4n) is 5.36. The average molecular weight is 522 g/mol. The summed E-state index contributed by atoms with van der Waals surface area (Å²) in [4.78, 5) is 5.33. The van der Waals surface area contributed by atoms with Gasteiger partial charge in [0.15, 0.2) is 0 Å². The normalized spacial score (nSPS) is 11.8. The fourth-order valence-corrected chi connectivity index (χ4v) is 6.69. The molecular weight excluding hydrogens is 498 g/mol. The number of rotatable bonds is 4. The van der Waals surface area contributed by atoms with E-state index in [0.717, 1.165) is 43.4 Å². The second-order valence-corrected chi connectivity index (χ2v) is 11.6. The third-order valence-corrected chi connectivity index (χ3v) is 9.01. The molecule has 4 heteroatoms. The topological polar surface area (TPSA) is 47.0 Å². The maximum Gasteiger partial charge on any atom is 0.206 e. The summed E-state index contributed by atoms with van der Waals surface area (Å²) < 4.78 is 28.4. The zero-order chi connectivity index (χ0) is 26.4. The first-order chi connectivity index (χ1) is 19.1. The van der Waals surface area contributed by atoms with E-state index in [4.69, 9.17) is 4.98 Å². The van der Waals surface area contributed by atoms with Crippen molar-refractivity contribution in [2.75, 3.05) is 0 Å². The van der Waals surface area contributed by atoms with E-state index in [1.54, 1.807) is 18.2 Å². The van der Waals surface area contributed by atoms with E-state index < -0.39 is 9.84 Å². The lowest BCUT2D eigenvalue weighted by Gasteiger charge is -2.13. The standard InChI is InChI=1S/C35H23NO2S/c37-39(38,27-22-34(24-11-3-1-4-12-24)36-35(23-27)25-13-5-2-6-14-25)26-19-20-32-30-17-8-7-15-28(30)29-16-9-10-18-31(29)33(32)21-26/h1-23H. The molecule has 0 bridgehead atoms. The van der Waals surface area contributed by atoms with Gasteiger partial charge in [-0.3, -0.25) is 0 Å². The first-order valence-corrected chi connectivity index (χ1v) is 14.3. The quantitative estimate of drug-likeness (QED) is 0.218. The van der Waals surface area contributed by atoms with Crippen LogP contribution in [0.3, 0.4) is 0 Å². The van der Waals surface area contributed by atoms with Crippen molar-refractivity contribution in [2.24, 2.45) is 0 Å². The molecule has 0 amide bonds. The van der Waals surface area contributed by atoms with Gasteiger partial charge in [0.05, 0.1) is 21.2 Å². The minimum absolute atomic E-state index is 0.222. The molecule has 0 spiro atoms. The number of benzene rings is 6. The summed E-state index contributed by atoms with van der Waals surface area (Å²) in [6.07, 6.45) is 0. The molecule has 7 aromatic rings. The summed E-state index contributed by atoms with van der Waals surface area (Å²) in [7, 11) is -3.85. The molecule has 0 radical (unpaired) electrons. The summed E-state index contributed by atoms with van der Waals surface area (Å²) in [6, 6.07) is 44.7. The lowest BCUT2D eigenvalue weighted by atomic mass is 9.94. The smallest absolute Gasteiger partial charge is 0.206 e. The van der Waals surface area contributed by atoms with Gasteiger partial charge in [-0.1, -0.05) is 115 Å². The van der Waals surface area contributed by atoms with Gasteiger partial charge in [-0.15, -0.1) is 0 Å². The molecule has 0 aliphatic heterocycles. The highest BCUT2D eigenvalue weighted by Gasteiger charge is 2.22. The zero-order valence-electron chi connectivity index (χ0n) is 21.0. The maximum atomic E-state index is 14.2. The van der Waals surface area contributed by atoms with Crippen LogP contribution in [0, 0.1) is 0 Å². The predicted octanol–water partition coefficient (Wildman–Crippen LogP) is 8.71. The van der Waals surface area contributed by atoms with Crippen LogP contribution in [0.15, 0.2) is 149 Å². The Morgan fingerprint density at radius 1 is 0.385 bits per heavy atom. The predicted molar refractivity (Wildman–Crippen MR) is 160 cm³/mol. The van der Waals surface area contributed by atoms with E-state index in [2.05, 4.69) is 24.3 Å². The summed E-state index contributed by atoms with van der Waals surface area (Å²) in [5.41, 5.74) is 2.96. The molecule has 6 aromatic carbocycles. The summed E-state index contributed by atoms with van der Waals surface area (Å²) in [6.45, 7) is 0. The molecule has 0 unspecified atom stereocenters. The number of sulfone groups is 1. The highest BCUT2D eigenvalue weighted by molar-refractivity contribution is 7.91. The van der Waals surface area contributed by atoms with E-state index in [-0.39, 0.29) is 9.79 Å². The van der Waals surface area contributed by atoms with Crippen molar-refractivity contribution in [3.63, 3.8) is 0 Å². The molecule has 0 aliphatic carbocycles. The van der Waals surface area contributed by atoms with Crippen LogP contribution in [0.5, 0.6) is 0 Å². The largest absolute Gasteiger partial charge is 0.248 e. The molecule has 0 atom stereocenters. The van der Waals surface area contributed by atoms with Gasteiger partial charge in [0.1, 0.15) is 0 Å². The van der Waals surface area contributed by atoms with Gasteiger partial charge in [-0.25, -0.2) is 13.4 Å². The highest BCUT2D eigenvalue weighted by atomic mass is 32.2. The molecule has 0 aliphatic rings. The van der Waals surface area contributed by atoms with Crippen molar-refractivity contribution in [2.45, 2.75) is 9.79 Å². The monoisotopic (exact) mass is 521 g/mol. The van der Waals surface area contributed by atoms with Gasteiger partial charge < -0.3 is 0 Å². The molecule has 0 fully saturated rings. The Morgan fingerprint density at radius 3 is 1.28 bits per heavy atom. The second-order valence-electron chi connectivity index (χ2n) is 9.61. The molecule has 3 nitrogen and oxygen atoms in total. The van der Waals surface area contributed by atoms with Crippen LogP contribution in [0.25, 0.3) is 54.8 Å². The zero-order valence-corrected chi connectivity index (χ0v) is 21.8. The summed E-state index contributed by atoms with van der Waals surface area (Å²) in [5.74, 6) is 0. The third-order valence-electron chi connectivity index (χ3n) is 7.27. The van der Waals surface area contributed by atoms with E-state index >= 15 is 0 Å². The minimum Gasteiger partial charge on any atom is -0.248 e. The summed E-state index contributed by atoms with van der Waals surface area (Å²) >= 11 is 0.